The number of benzene rings is 1. The van der Waals surface area contributed by atoms with Crippen molar-refractivity contribution in [2.45, 2.75) is 13.8 Å². The Labute approximate surface area is 142 Å². The normalized spacial score (nSPS) is 10.8. The van der Waals surface area contributed by atoms with Crippen LogP contribution in [-0.4, -0.2) is 28.0 Å². The Hall–Kier alpha value is -2.74. The number of hydrogen-bond donors (Lipinski definition) is 2. The molecule has 3 aromatic rings. The first-order chi connectivity index (χ1) is 11.6. The highest BCUT2D eigenvalue weighted by Gasteiger charge is 2.13. The molecule has 0 atom stereocenters. The summed E-state index contributed by atoms with van der Waals surface area (Å²) in [6, 6.07) is 6.61. The van der Waals surface area contributed by atoms with Gasteiger partial charge in [-0.15, -0.1) is 11.3 Å². The standard InChI is InChI=1S/C16H17N5O2S/c1-10-11(2)24-16-14(10)15(19-9-20-16)18-8-7-17-12-5-3-4-6-13(12)21(22)23/h3-6,9,17H,7-8H2,1-2H3,(H,18,19,20). The molecule has 0 saturated heterocycles. The number of hydrogen-bond acceptors (Lipinski definition) is 7. The van der Waals surface area contributed by atoms with E-state index >= 15 is 0 Å². The van der Waals surface area contributed by atoms with E-state index < -0.39 is 0 Å². The molecule has 0 aliphatic carbocycles. The Morgan fingerprint density at radius 1 is 1.17 bits per heavy atom. The van der Waals surface area contributed by atoms with Crippen LogP contribution < -0.4 is 10.6 Å². The van der Waals surface area contributed by atoms with Crippen LogP contribution >= 0.6 is 11.3 Å². The van der Waals surface area contributed by atoms with E-state index in [-0.39, 0.29) is 10.6 Å². The lowest BCUT2D eigenvalue weighted by Gasteiger charge is -2.09. The molecule has 0 saturated carbocycles. The second-order valence-electron chi connectivity index (χ2n) is 5.31. The smallest absolute Gasteiger partial charge is 0.292 e. The molecule has 0 radical (unpaired) electrons. The third kappa shape index (κ3) is 3.13. The average Bonchev–Trinajstić information content (AvgIpc) is 2.87. The van der Waals surface area contributed by atoms with Gasteiger partial charge in [-0.3, -0.25) is 10.1 Å². The van der Waals surface area contributed by atoms with Crippen LogP contribution in [0.5, 0.6) is 0 Å². The topological polar surface area (TPSA) is 93.0 Å². The van der Waals surface area contributed by atoms with E-state index in [0.29, 0.717) is 18.8 Å². The van der Waals surface area contributed by atoms with E-state index in [0.717, 1.165) is 16.0 Å². The summed E-state index contributed by atoms with van der Waals surface area (Å²) < 4.78 is 0. The first-order valence-corrected chi connectivity index (χ1v) is 8.31. The molecule has 0 aliphatic rings. The van der Waals surface area contributed by atoms with Crippen LogP contribution in [0.25, 0.3) is 10.2 Å². The van der Waals surface area contributed by atoms with E-state index in [1.165, 1.54) is 16.5 Å². The Morgan fingerprint density at radius 2 is 1.92 bits per heavy atom. The van der Waals surface area contributed by atoms with Crippen LogP contribution in [-0.2, 0) is 0 Å². The van der Waals surface area contributed by atoms with Gasteiger partial charge in [-0.25, -0.2) is 9.97 Å². The van der Waals surface area contributed by atoms with Gasteiger partial charge in [0.15, 0.2) is 0 Å². The molecule has 0 aliphatic heterocycles. The van der Waals surface area contributed by atoms with Crippen molar-refractivity contribution in [3.05, 3.63) is 51.1 Å². The Bertz CT molecular complexity index is 893. The predicted octanol–water partition coefficient (Wildman–Crippen LogP) is 3.74. The van der Waals surface area contributed by atoms with Gasteiger partial charge in [0.2, 0.25) is 0 Å². The minimum absolute atomic E-state index is 0.0752. The maximum Gasteiger partial charge on any atom is 0.292 e. The molecule has 7 nitrogen and oxygen atoms in total. The molecular weight excluding hydrogens is 326 g/mol. The van der Waals surface area contributed by atoms with Crippen molar-refractivity contribution in [3.63, 3.8) is 0 Å². The predicted molar refractivity (Wildman–Crippen MR) is 97.0 cm³/mol. The van der Waals surface area contributed by atoms with Crippen LogP contribution in [0.15, 0.2) is 30.6 Å². The van der Waals surface area contributed by atoms with Gasteiger partial charge in [0.05, 0.1) is 10.3 Å². The first-order valence-electron chi connectivity index (χ1n) is 7.50. The molecule has 124 valence electrons. The lowest BCUT2D eigenvalue weighted by molar-refractivity contribution is -0.384. The fourth-order valence-electron chi connectivity index (χ4n) is 2.48. The van der Waals surface area contributed by atoms with Gasteiger partial charge in [0.25, 0.3) is 5.69 Å². The highest BCUT2D eigenvalue weighted by atomic mass is 32.1. The van der Waals surface area contributed by atoms with E-state index in [2.05, 4.69) is 34.4 Å². The molecule has 24 heavy (non-hydrogen) atoms. The summed E-state index contributed by atoms with van der Waals surface area (Å²) in [5, 5.41) is 18.4. The molecule has 0 spiro atoms. The van der Waals surface area contributed by atoms with Crippen LogP contribution in [0.1, 0.15) is 10.4 Å². The maximum atomic E-state index is 11.0. The minimum atomic E-state index is -0.388. The van der Waals surface area contributed by atoms with Gasteiger partial charge in [-0.2, -0.15) is 0 Å². The SMILES string of the molecule is Cc1sc2ncnc(NCCNc3ccccc3[N+](=O)[O-])c2c1C. The molecule has 0 unspecified atom stereocenters. The number of para-hydroxylation sites is 2. The van der Waals surface area contributed by atoms with Crippen LogP contribution in [0.3, 0.4) is 0 Å². The summed E-state index contributed by atoms with van der Waals surface area (Å²) in [4.78, 5) is 21.4. The Morgan fingerprint density at radius 3 is 2.71 bits per heavy atom. The maximum absolute atomic E-state index is 11.0. The number of aryl methyl sites for hydroxylation is 2. The number of rotatable bonds is 6. The van der Waals surface area contributed by atoms with E-state index in [9.17, 15) is 10.1 Å². The fourth-order valence-corrected chi connectivity index (χ4v) is 3.47. The van der Waals surface area contributed by atoms with Crippen LogP contribution in [0, 0.1) is 24.0 Å². The molecule has 3 rings (SSSR count). The molecule has 8 heteroatoms. The van der Waals surface area contributed by atoms with Crippen molar-refractivity contribution < 1.29 is 4.92 Å². The minimum Gasteiger partial charge on any atom is -0.378 e. The summed E-state index contributed by atoms with van der Waals surface area (Å²) in [5.41, 5.74) is 1.77. The van der Waals surface area contributed by atoms with E-state index in [1.807, 2.05) is 0 Å². The van der Waals surface area contributed by atoms with Crippen molar-refractivity contribution in [1.29, 1.82) is 0 Å². The Kier molecular flexibility index (Phi) is 4.57. The first kappa shape index (κ1) is 16.1. The largest absolute Gasteiger partial charge is 0.378 e. The van der Waals surface area contributed by atoms with Crippen molar-refractivity contribution >= 4 is 38.7 Å². The van der Waals surface area contributed by atoms with Crippen molar-refractivity contribution in [2.24, 2.45) is 0 Å². The number of aromatic nitrogens is 2. The van der Waals surface area contributed by atoms with Gasteiger partial charge in [-0.1, -0.05) is 12.1 Å². The van der Waals surface area contributed by atoms with Crippen molar-refractivity contribution in [2.75, 3.05) is 23.7 Å². The Balaban J connectivity index is 1.67. The molecule has 2 N–H and O–H groups in total. The fraction of sp³-hybridized carbons (Fsp3) is 0.250. The molecule has 0 amide bonds. The van der Waals surface area contributed by atoms with Gasteiger partial charge in [-0.05, 0) is 25.5 Å². The highest BCUT2D eigenvalue weighted by molar-refractivity contribution is 7.18. The number of nitro groups is 1. The lowest BCUT2D eigenvalue weighted by Crippen LogP contribution is -2.15. The monoisotopic (exact) mass is 343 g/mol. The number of nitrogens with zero attached hydrogens (tertiary/aromatic N) is 3. The zero-order chi connectivity index (χ0) is 17.1. The molecule has 0 bridgehead atoms. The van der Waals surface area contributed by atoms with Gasteiger partial charge in [0, 0.05) is 24.0 Å². The van der Waals surface area contributed by atoms with Gasteiger partial charge < -0.3 is 10.6 Å². The quantitative estimate of drug-likeness (QED) is 0.402. The van der Waals surface area contributed by atoms with Crippen LogP contribution in [0.4, 0.5) is 17.2 Å². The van der Waals surface area contributed by atoms with E-state index in [4.69, 9.17) is 0 Å². The molecular formula is C16H17N5O2S. The number of thiophene rings is 1. The number of fused-ring (bicyclic) bond motifs is 1. The lowest BCUT2D eigenvalue weighted by atomic mass is 10.2. The second-order valence-corrected chi connectivity index (χ2v) is 6.52. The molecule has 2 aromatic heterocycles. The third-order valence-corrected chi connectivity index (χ3v) is 4.91. The zero-order valence-electron chi connectivity index (χ0n) is 13.4. The van der Waals surface area contributed by atoms with Crippen molar-refractivity contribution in [3.8, 4) is 0 Å². The zero-order valence-corrected chi connectivity index (χ0v) is 14.2. The highest BCUT2D eigenvalue weighted by Crippen LogP contribution is 2.32. The molecule has 2 heterocycles. The summed E-state index contributed by atoms with van der Waals surface area (Å²) in [7, 11) is 0. The van der Waals surface area contributed by atoms with Crippen molar-refractivity contribution in [1.82, 2.24) is 9.97 Å². The number of anilines is 2. The number of nitro benzene ring substituents is 1. The summed E-state index contributed by atoms with van der Waals surface area (Å²) in [6.45, 7) is 5.26. The van der Waals surface area contributed by atoms with Gasteiger partial charge in [0.1, 0.15) is 22.7 Å². The average molecular weight is 343 g/mol. The van der Waals surface area contributed by atoms with E-state index in [1.54, 1.807) is 35.9 Å². The van der Waals surface area contributed by atoms with Gasteiger partial charge >= 0.3 is 0 Å². The number of nitrogens with one attached hydrogen (secondary N) is 2. The second kappa shape index (κ2) is 6.79. The summed E-state index contributed by atoms with van der Waals surface area (Å²) in [6.07, 6.45) is 1.55. The summed E-state index contributed by atoms with van der Waals surface area (Å²) >= 11 is 1.65. The molecule has 0 fully saturated rings. The van der Waals surface area contributed by atoms with Crippen LogP contribution in [0.2, 0.25) is 0 Å². The molecule has 1 aromatic carbocycles. The third-order valence-electron chi connectivity index (χ3n) is 3.80. The summed E-state index contributed by atoms with van der Waals surface area (Å²) in [5.74, 6) is 0.797.